The zero-order valence-electron chi connectivity index (χ0n) is 9.29. The van der Waals surface area contributed by atoms with Gasteiger partial charge in [0.05, 0.1) is 13.2 Å². The summed E-state index contributed by atoms with van der Waals surface area (Å²) in [6.45, 7) is 4.24. The fourth-order valence-electron chi connectivity index (χ4n) is 1.70. The minimum Gasteiger partial charge on any atom is -0.378 e. The maximum Gasteiger partial charge on any atom is 0.285 e. The number of nitrogens with zero attached hydrogens (tertiary/aromatic N) is 5. The van der Waals surface area contributed by atoms with Gasteiger partial charge in [0.15, 0.2) is 5.82 Å². The van der Waals surface area contributed by atoms with Gasteiger partial charge in [-0.1, -0.05) is 11.3 Å². The van der Waals surface area contributed by atoms with E-state index in [1.54, 1.807) is 9.42 Å². The second-order valence-electron chi connectivity index (χ2n) is 3.75. The number of fused-ring (bicyclic) bond motifs is 1. The SMILES string of the molecule is Cc1nnc2sc(C(=O)N3CCOCC3)nn12. The van der Waals surface area contributed by atoms with Gasteiger partial charge in [-0.3, -0.25) is 4.79 Å². The molecule has 1 fully saturated rings. The molecule has 0 aromatic carbocycles. The molecule has 0 aliphatic carbocycles. The Hall–Kier alpha value is -1.54. The second-order valence-corrected chi connectivity index (χ2v) is 4.71. The molecule has 0 unspecified atom stereocenters. The Balaban J connectivity index is 1.89. The molecule has 1 aliphatic rings. The number of rotatable bonds is 1. The number of ether oxygens (including phenoxy) is 1. The van der Waals surface area contributed by atoms with E-state index in [4.69, 9.17) is 4.74 Å². The first kappa shape index (κ1) is 10.6. The van der Waals surface area contributed by atoms with E-state index in [2.05, 4.69) is 15.3 Å². The van der Waals surface area contributed by atoms with Crippen LogP contribution in [0.2, 0.25) is 0 Å². The Kier molecular flexibility index (Phi) is 2.52. The zero-order chi connectivity index (χ0) is 11.8. The fourth-order valence-corrected chi connectivity index (χ4v) is 2.56. The van der Waals surface area contributed by atoms with Gasteiger partial charge in [-0.2, -0.15) is 4.52 Å². The molecular formula is C9H11N5O2S. The van der Waals surface area contributed by atoms with Crippen molar-refractivity contribution < 1.29 is 9.53 Å². The Labute approximate surface area is 101 Å². The van der Waals surface area contributed by atoms with Gasteiger partial charge in [-0.05, 0) is 6.92 Å². The van der Waals surface area contributed by atoms with Crippen molar-refractivity contribution in [1.82, 2.24) is 24.7 Å². The average Bonchev–Trinajstić information content (AvgIpc) is 2.92. The van der Waals surface area contributed by atoms with E-state index in [-0.39, 0.29) is 5.91 Å². The predicted octanol–water partition coefficient (Wildman–Crippen LogP) is -0.0334. The van der Waals surface area contributed by atoms with Gasteiger partial charge < -0.3 is 9.64 Å². The number of morpholine rings is 1. The summed E-state index contributed by atoms with van der Waals surface area (Å²) in [5.41, 5.74) is 0. The van der Waals surface area contributed by atoms with Gasteiger partial charge in [-0.25, -0.2) is 0 Å². The molecule has 17 heavy (non-hydrogen) atoms. The van der Waals surface area contributed by atoms with Crippen LogP contribution in [0.5, 0.6) is 0 Å². The molecule has 0 saturated carbocycles. The molecule has 0 N–H and O–H groups in total. The highest BCUT2D eigenvalue weighted by Crippen LogP contribution is 2.16. The molecule has 2 aromatic heterocycles. The highest BCUT2D eigenvalue weighted by atomic mass is 32.1. The summed E-state index contributed by atoms with van der Waals surface area (Å²) in [6.07, 6.45) is 0. The van der Waals surface area contributed by atoms with Crippen LogP contribution in [0.1, 0.15) is 15.6 Å². The number of carbonyl (C=O) groups is 1. The van der Waals surface area contributed by atoms with Gasteiger partial charge in [0.2, 0.25) is 9.97 Å². The third kappa shape index (κ3) is 1.79. The lowest BCUT2D eigenvalue weighted by molar-refractivity contribution is 0.0302. The molecule has 3 rings (SSSR count). The number of amides is 1. The number of hydrogen-bond acceptors (Lipinski definition) is 6. The Morgan fingerprint density at radius 3 is 2.82 bits per heavy atom. The monoisotopic (exact) mass is 253 g/mol. The summed E-state index contributed by atoms with van der Waals surface area (Å²) in [4.78, 5) is 14.5. The van der Waals surface area contributed by atoms with Crippen molar-refractivity contribution in [1.29, 1.82) is 0 Å². The smallest absolute Gasteiger partial charge is 0.285 e. The first-order valence-electron chi connectivity index (χ1n) is 5.31. The van der Waals surface area contributed by atoms with E-state index in [0.29, 0.717) is 42.1 Å². The van der Waals surface area contributed by atoms with Crippen LogP contribution in [0.25, 0.3) is 4.96 Å². The lowest BCUT2D eigenvalue weighted by atomic mass is 10.4. The molecule has 90 valence electrons. The van der Waals surface area contributed by atoms with E-state index < -0.39 is 0 Å². The van der Waals surface area contributed by atoms with Crippen molar-refractivity contribution in [3.63, 3.8) is 0 Å². The van der Waals surface area contributed by atoms with Crippen LogP contribution in [0.15, 0.2) is 0 Å². The van der Waals surface area contributed by atoms with E-state index in [9.17, 15) is 4.79 Å². The first-order valence-corrected chi connectivity index (χ1v) is 6.13. The molecule has 0 radical (unpaired) electrons. The van der Waals surface area contributed by atoms with E-state index in [1.807, 2.05) is 6.92 Å². The molecule has 7 nitrogen and oxygen atoms in total. The van der Waals surface area contributed by atoms with Crippen molar-refractivity contribution in [2.24, 2.45) is 0 Å². The van der Waals surface area contributed by atoms with Crippen LogP contribution in [-0.4, -0.2) is 56.9 Å². The Bertz CT molecular complexity index is 557. The molecule has 8 heteroatoms. The van der Waals surface area contributed by atoms with Crippen molar-refractivity contribution >= 4 is 22.2 Å². The van der Waals surface area contributed by atoms with Crippen LogP contribution in [0.3, 0.4) is 0 Å². The third-order valence-electron chi connectivity index (χ3n) is 2.63. The van der Waals surface area contributed by atoms with Gasteiger partial charge in [-0.15, -0.1) is 15.3 Å². The van der Waals surface area contributed by atoms with Crippen LogP contribution in [-0.2, 0) is 4.74 Å². The Morgan fingerprint density at radius 2 is 2.12 bits per heavy atom. The lowest BCUT2D eigenvalue weighted by Gasteiger charge is -2.25. The fraction of sp³-hybridized carbons (Fsp3) is 0.556. The van der Waals surface area contributed by atoms with Gasteiger partial charge >= 0.3 is 0 Å². The number of aryl methyl sites for hydroxylation is 1. The average molecular weight is 253 g/mol. The highest BCUT2D eigenvalue weighted by Gasteiger charge is 2.22. The quantitative estimate of drug-likeness (QED) is 0.713. The number of carbonyl (C=O) groups excluding carboxylic acids is 1. The van der Waals surface area contributed by atoms with Gasteiger partial charge in [0.25, 0.3) is 5.91 Å². The molecular weight excluding hydrogens is 242 g/mol. The van der Waals surface area contributed by atoms with Crippen LogP contribution in [0.4, 0.5) is 0 Å². The van der Waals surface area contributed by atoms with Crippen molar-refractivity contribution in [3.8, 4) is 0 Å². The molecule has 2 aromatic rings. The summed E-state index contributed by atoms with van der Waals surface area (Å²) >= 11 is 1.27. The largest absolute Gasteiger partial charge is 0.378 e. The Morgan fingerprint density at radius 1 is 1.35 bits per heavy atom. The summed E-state index contributed by atoms with van der Waals surface area (Å²) in [5, 5.41) is 12.5. The summed E-state index contributed by atoms with van der Waals surface area (Å²) in [7, 11) is 0. The molecule has 1 aliphatic heterocycles. The molecule has 1 saturated heterocycles. The number of hydrogen-bond donors (Lipinski definition) is 0. The third-order valence-corrected chi connectivity index (χ3v) is 3.51. The normalized spacial score (nSPS) is 16.6. The topological polar surface area (TPSA) is 72.6 Å². The minimum atomic E-state index is -0.0526. The second kappa shape index (κ2) is 4.04. The van der Waals surface area contributed by atoms with E-state index in [1.165, 1.54) is 11.3 Å². The molecule has 0 spiro atoms. The first-order chi connectivity index (χ1) is 8.25. The number of aromatic nitrogens is 4. The molecule has 1 amide bonds. The summed E-state index contributed by atoms with van der Waals surface area (Å²) < 4.78 is 6.81. The summed E-state index contributed by atoms with van der Waals surface area (Å²) in [5.74, 6) is 0.639. The maximum absolute atomic E-state index is 12.1. The lowest BCUT2D eigenvalue weighted by Crippen LogP contribution is -2.40. The zero-order valence-corrected chi connectivity index (χ0v) is 10.1. The van der Waals surface area contributed by atoms with Crippen LogP contribution in [0, 0.1) is 6.92 Å². The molecule has 3 heterocycles. The minimum absolute atomic E-state index is 0.0526. The predicted molar refractivity (Wildman–Crippen MR) is 60.1 cm³/mol. The van der Waals surface area contributed by atoms with Crippen LogP contribution < -0.4 is 0 Å². The molecule has 0 atom stereocenters. The van der Waals surface area contributed by atoms with Crippen molar-refractivity contribution in [2.45, 2.75) is 6.92 Å². The van der Waals surface area contributed by atoms with Crippen LogP contribution >= 0.6 is 11.3 Å². The molecule has 0 bridgehead atoms. The van der Waals surface area contributed by atoms with Gasteiger partial charge in [0, 0.05) is 13.1 Å². The van der Waals surface area contributed by atoms with Crippen molar-refractivity contribution in [2.75, 3.05) is 26.3 Å². The highest BCUT2D eigenvalue weighted by molar-refractivity contribution is 7.18. The van der Waals surface area contributed by atoms with E-state index >= 15 is 0 Å². The van der Waals surface area contributed by atoms with Gasteiger partial charge in [0.1, 0.15) is 0 Å². The maximum atomic E-state index is 12.1. The summed E-state index contributed by atoms with van der Waals surface area (Å²) in [6, 6.07) is 0. The standard InChI is InChI=1S/C9H11N5O2S/c1-6-10-11-9-14(6)12-7(17-9)8(15)13-2-4-16-5-3-13/h2-5H2,1H3. The van der Waals surface area contributed by atoms with Crippen molar-refractivity contribution in [3.05, 3.63) is 10.8 Å². The van der Waals surface area contributed by atoms with E-state index in [0.717, 1.165) is 0 Å².